The Hall–Kier alpha value is -15.3. The average Bonchev–Trinajstić information content (AvgIpc) is 1.78. The number of nitrogen functional groups attached to an aromatic ring is 8. The number of rotatable bonds is 19. The highest BCUT2D eigenvalue weighted by Gasteiger charge is 2.27. The summed E-state index contributed by atoms with van der Waals surface area (Å²) < 4.78 is 27.8. The Kier molecular flexibility index (Phi) is 27.8. The molecule has 0 aliphatic heterocycles. The molecule has 123 heavy (non-hydrogen) atoms. The van der Waals surface area contributed by atoms with E-state index in [1.807, 2.05) is 170 Å². The van der Waals surface area contributed by atoms with Crippen LogP contribution in [-0.2, 0) is 0 Å². The van der Waals surface area contributed by atoms with Crippen LogP contribution in [0.2, 0.25) is 0 Å². The Labute approximate surface area is 722 Å². The van der Waals surface area contributed by atoms with E-state index in [2.05, 4.69) is 221 Å². The summed E-state index contributed by atoms with van der Waals surface area (Å²) in [6.45, 7) is 8.38. The summed E-state index contributed by atoms with van der Waals surface area (Å²) >= 11 is 0. The van der Waals surface area contributed by atoms with Crippen molar-refractivity contribution in [2.24, 2.45) is 0 Å². The van der Waals surface area contributed by atoms with Gasteiger partial charge in [0.1, 0.15) is 28.7 Å². The van der Waals surface area contributed by atoms with Crippen LogP contribution in [0.5, 0.6) is 28.7 Å². The highest BCUT2D eigenvalue weighted by Crippen LogP contribution is 2.46. The molecule has 17 N–H and O–H groups in total. The molecule has 0 bridgehead atoms. The number of para-hydroxylation sites is 2. The van der Waals surface area contributed by atoms with Gasteiger partial charge in [0.15, 0.2) is 0 Å². The summed E-state index contributed by atoms with van der Waals surface area (Å²) in [5.74, 6) is 3.53. The van der Waals surface area contributed by atoms with Crippen LogP contribution in [0.4, 0.5) is 45.5 Å². The fourth-order valence-electron chi connectivity index (χ4n) is 15.9. The molecule has 17 rings (SSSR count). The van der Waals surface area contributed by atoms with E-state index in [9.17, 15) is 0 Å². The van der Waals surface area contributed by atoms with Crippen LogP contribution in [-0.4, -0.2) is 40.5 Å². The number of nitrogens with two attached hydrogens (primary N) is 8. The van der Waals surface area contributed by atoms with Gasteiger partial charge < -0.3 is 74.5 Å². The predicted octanol–water partition coefficient (Wildman–Crippen LogP) is 24.4. The molecule has 618 valence electrons. The minimum Gasteiger partial charge on any atom is -0.497 e. The van der Waals surface area contributed by atoms with Crippen molar-refractivity contribution in [3.8, 4) is 62.1 Å². The molecule has 17 aromatic rings. The number of aromatic amines is 1. The highest BCUT2D eigenvalue weighted by molar-refractivity contribution is 6.07. The quantitative estimate of drug-likeness (QED) is 0.0270. The van der Waals surface area contributed by atoms with E-state index < -0.39 is 0 Å². The van der Waals surface area contributed by atoms with Crippen molar-refractivity contribution in [3.05, 3.63) is 436 Å². The van der Waals surface area contributed by atoms with E-state index >= 15 is 0 Å². The number of fused-ring (bicyclic) bond motifs is 3. The van der Waals surface area contributed by atoms with E-state index in [4.69, 9.17) is 69.6 Å². The minimum atomic E-state index is -0.115. The van der Waals surface area contributed by atoms with E-state index in [0.29, 0.717) is 39.9 Å². The minimum absolute atomic E-state index is 0.0335. The molecule has 14 heteroatoms. The molecule has 1 heterocycles. The molecule has 0 saturated heterocycles. The van der Waals surface area contributed by atoms with Crippen molar-refractivity contribution in [1.82, 2.24) is 4.98 Å². The SMILES string of the molecule is COc1cc(C(c2ccc(-c3ccccc3)cc2)c2ccc(N)c(OC)c2)ccc1N.COc1cc(N)ccc1C(c1ccc(-c2ccccc2)cc1)c1ccc(N)cc1OC.COc1ccc(N)c(C(c2ccc(-c3ccccc3)cc2)c2cc(C)ccc2N)c1.Cc1ccc(N)c(C(C)c2cc(C)ccc2N)c1.c1ccc2c(c1)[nH]c1ccccc12. The number of H-pyrrole nitrogens is 1. The van der Waals surface area contributed by atoms with Crippen molar-refractivity contribution < 1.29 is 23.7 Å². The lowest BCUT2D eigenvalue weighted by atomic mass is 9.82. The van der Waals surface area contributed by atoms with Gasteiger partial charge in [0.25, 0.3) is 0 Å². The summed E-state index contributed by atoms with van der Waals surface area (Å²) in [7, 11) is 8.25. The Morgan fingerprint density at radius 3 is 0.902 bits per heavy atom. The number of hydrogen-bond donors (Lipinski definition) is 9. The molecule has 1 unspecified atom stereocenters. The van der Waals surface area contributed by atoms with Gasteiger partial charge in [-0.15, -0.1) is 0 Å². The first kappa shape index (κ1) is 85.6. The van der Waals surface area contributed by atoms with E-state index in [1.165, 1.54) is 60.8 Å². The first-order valence-electron chi connectivity index (χ1n) is 40.9. The number of nitrogens with one attached hydrogen (secondary N) is 1. The number of hydrogen-bond acceptors (Lipinski definition) is 13. The van der Waals surface area contributed by atoms with Crippen LogP contribution in [0.15, 0.2) is 358 Å². The van der Waals surface area contributed by atoms with Crippen LogP contribution >= 0.6 is 0 Å². The van der Waals surface area contributed by atoms with Gasteiger partial charge in [-0.25, -0.2) is 0 Å². The molecule has 0 amide bonds. The molecule has 0 spiro atoms. The van der Waals surface area contributed by atoms with Gasteiger partial charge in [-0.1, -0.05) is 284 Å². The zero-order valence-electron chi connectivity index (χ0n) is 71.0. The summed E-state index contributed by atoms with van der Waals surface area (Å²) in [5.41, 5.74) is 79.8. The standard InChI is InChI=1S/2C27H26N2O2.C27H26N2O.C16H20N2.C12H9N/c1-30-25-16-21(28)12-14-23(25)27(24-15-13-22(29)17-26(24)31-2)20-10-8-19(9-11-20)18-6-4-3-5-7-18;1-30-25-16-21(12-14-23(25)28)27(22-13-15-24(29)26(17-22)31-2)20-10-8-19(9-11-20)18-6-4-3-5-7-18;1-18-8-14-25(28)23(16-18)27(24-17-22(30-2)13-15-26(24)29)21-11-9-20(10-12-21)19-6-4-3-5-7-19;1-10-4-6-15(17)13(8-10)12(3)14-9-11(2)5-7-16(14)18;1-3-7-11-9(5-1)10-6-2-4-8-12(10)13-11/h2*3-17,27H,28-29H2,1-2H3;3-17,27H,28-29H2,1-2H3;4-9,12H,17-18H2,1-3H3;1-8,13H. The lowest BCUT2D eigenvalue weighted by Gasteiger charge is -2.24. The molecule has 0 radical (unpaired) electrons. The van der Waals surface area contributed by atoms with Gasteiger partial charge in [0.2, 0.25) is 0 Å². The van der Waals surface area contributed by atoms with Crippen LogP contribution in [0, 0.1) is 20.8 Å². The number of aromatic nitrogens is 1. The maximum absolute atomic E-state index is 6.43. The smallest absolute Gasteiger partial charge is 0.142 e. The monoisotopic (exact) mass is 1620 g/mol. The summed E-state index contributed by atoms with van der Waals surface area (Å²) in [6.07, 6.45) is 0. The van der Waals surface area contributed by atoms with Crippen LogP contribution < -0.4 is 69.6 Å². The lowest BCUT2D eigenvalue weighted by Crippen LogP contribution is -2.10. The Morgan fingerprint density at radius 1 is 0.228 bits per heavy atom. The van der Waals surface area contributed by atoms with Gasteiger partial charge in [0, 0.05) is 103 Å². The van der Waals surface area contributed by atoms with Crippen LogP contribution in [0.3, 0.4) is 0 Å². The Morgan fingerprint density at radius 2 is 0.528 bits per heavy atom. The lowest BCUT2D eigenvalue weighted by molar-refractivity contribution is 0.403. The Bertz CT molecular complexity index is 6190. The molecular formula is C109H107N9O5. The normalized spacial score (nSPS) is 11.1. The van der Waals surface area contributed by atoms with Gasteiger partial charge in [0.05, 0.1) is 46.9 Å². The molecular weight excluding hydrogens is 1520 g/mol. The third-order valence-electron chi connectivity index (χ3n) is 22.4. The summed E-state index contributed by atoms with van der Waals surface area (Å²) in [6, 6.07) is 121. The second-order valence-electron chi connectivity index (χ2n) is 30.6. The fraction of sp³-hybridized carbons (Fsp3) is 0.119. The molecule has 16 aromatic carbocycles. The number of aryl methyl sites for hydroxylation is 3. The van der Waals surface area contributed by atoms with Crippen molar-refractivity contribution in [3.63, 3.8) is 0 Å². The first-order valence-corrected chi connectivity index (χ1v) is 40.9. The van der Waals surface area contributed by atoms with Crippen molar-refractivity contribution >= 4 is 67.3 Å². The van der Waals surface area contributed by atoms with E-state index in [-0.39, 0.29) is 23.7 Å². The maximum Gasteiger partial charge on any atom is 0.142 e. The van der Waals surface area contributed by atoms with Crippen LogP contribution in [0.1, 0.15) is 108 Å². The molecule has 0 fully saturated rings. The number of anilines is 8. The van der Waals surface area contributed by atoms with Crippen molar-refractivity contribution in [2.75, 3.05) is 81.4 Å². The van der Waals surface area contributed by atoms with E-state index in [0.717, 1.165) is 107 Å². The summed E-state index contributed by atoms with van der Waals surface area (Å²) in [4.78, 5) is 3.38. The molecule has 14 nitrogen and oxygen atoms in total. The van der Waals surface area contributed by atoms with Gasteiger partial charge in [-0.2, -0.15) is 0 Å². The fourth-order valence-corrected chi connectivity index (χ4v) is 15.9. The summed E-state index contributed by atoms with van der Waals surface area (Å²) in [5, 5.41) is 2.61. The van der Waals surface area contributed by atoms with Gasteiger partial charge in [-0.05, 0) is 189 Å². The molecule has 1 aromatic heterocycles. The zero-order valence-corrected chi connectivity index (χ0v) is 71.0. The molecule has 0 saturated carbocycles. The topological polar surface area (TPSA) is 270 Å². The molecule has 0 aliphatic carbocycles. The highest BCUT2D eigenvalue weighted by atomic mass is 16.5. The van der Waals surface area contributed by atoms with Crippen LogP contribution in [0.25, 0.3) is 55.2 Å². The first-order chi connectivity index (χ1) is 59.7. The number of ether oxygens (including phenoxy) is 5. The number of methoxy groups -OCH3 is 5. The van der Waals surface area contributed by atoms with E-state index in [1.54, 1.807) is 35.5 Å². The molecule has 1 atom stereocenters. The third kappa shape index (κ3) is 20.5. The Balaban J connectivity index is 0.000000136. The maximum atomic E-state index is 6.43. The van der Waals surface area contributed by atoms with Crippen molar-refractivity contribution in [2.45, 2.75) is 51.4 Å². The largest absolute Gasteiger partial charge is 0.497 e. The second-order valence-corrected chi connectivity index (χ2v) is 30.6. The number of benzene rings is 16. The van der Waals surface area contributed by atoms with Crippen molar-refractivity contribution in [1.29, 1.82) is 0 Å². The predicted molar refractivity (Wildman–Crippen MR) is 516 cm³/mol. The van der Waals surface area contributed by atoms with Gasteiger partial charge in [-0.3, -0.25) is 0 Å². The third-order valence-corrected chi connectivity index (χ3v) is 22.4. The molecule has 0 aliphatic rings. The van der Waals surface area contributed by atoms with Gasteiger partial charge >= 0.3 is 0 Å². The zero-order chi connectivity index (χ0) is 86.6. The second kappa shape index (κ2) is 40.0. The average molecular weight is 1620 g/mol.